The van der Waals surface area contributed by atoms with Gasteiger partial charge in [-0.15, -0.1) is 0 Å². The van der Waals surface area contributed by atoms with Crippen molar-refractivity contribution in [2.75, 3.05) is 11.9 Å². The van der Waals surface area contributed by atoms with Gasteiger partial charge in [0, 0.05) is 23.9 Å². The minimum Gasteiger partial charge on any atom is -0.477 e. The maximum Gasteiger partial charge on any atom is 0.340 e. The Labute approximate surface area is 181 Å². The molecule has 1 aliphatic rings. The van der Waals surface area contributed by atoms with Gasteiger partial charge in [-0.05, 0) is 56.8 Å². The molecule has 3 aromatic heterocycles. The Hall–Kier alpha value is -3.26. The minimum atomic E-state index is -0.593. The van der Waals surface area contributed by atoms with Crippen LogP contribution in [-0.4, -0.2) is 33.6 Å². The second kappa shape index (κ2) is 7.77. The van der Waals surface area contributed by atoms with Crippen LogP contribution in [0.25, 0.3) is 10.8 Å². The fraction of sp³-hybridized carbons (Fsp3) is 0.391. The zero-order valence-corrected chi connectivity index (χ0v) is 18.4. The first-order valence-electron chi connectivity index (χ1n) is 10.4. The number of nitrogens with zero attached hydrogens (tertiary/aromatic N) is 3. The van der Waals surface area contributed by atoms with E-state index in [0.717, 1.165) is 22.0 Å². The third-order valence-corrected chi connectivity index (χ3v) is 5.54. The molecule has 4 heterocycles. The van der Waals surface area contributed by atoms with Crippen LogP contribution in [0.2, 0.25) is 0 Å². The Kier molecular flexibility index (Phi) is 5.26. The molecule has 0 fully saturated rings. The first kappa shape index (κ1) is 21.0. The molecule has 162 valence electrons. The van der Waals surface area contributed by atoms with Gasteiger partial charge in [0.2, 0.25) is 5.88 Å². The Balaban J connectivity index is 1.75. The van der Waals surface area contributed by atoms with E-state index in [1.165, 1.54) is 0 Å². The number of hydrogen-bond acceptors (Lipinski definition) is 8. The van der Waals surface area contributed by atoms with Crippen LogP contribution < -0.4 is 15.8 Å². The lowest BCUT2D eigenvalue weighted by atomic mass is 9.93. The fourth-order valence-electron chi connectivity index (χ4n) is 3.70. The average Bonchev–Trinajstić information content (AvgIpc) is 2.71. The van der Waals surface area contributed by atoms with Crippen LogP contribution in [0.5, 0.6) is 5.88 Å². The van der Waals surface area contributed by atoms with Crippen molar-refractivity contribution in [2.45, 2.75) is 52.2 Å². The molecule has 0 amide bonds. The summed E-state index contributed by atoms with van der Waals surface area (Å²) in [5.41, 5.74) is 7.91. The summed E-state index contributed by atoms with van der Waals surface area (Å²) in [5, 5.41) is 4.96. The number of carbonyl (C=O) groups is 1. The van der Waals surface area contributed by atoms with E-state index in [0.29, 0.717) is 29.7 Å². The fourth-order valence-corrected chi connectivity index (χ4v) is 3.70. The van der Waals surface area contributed by atoms with Gasteiger partial charge < -0.3 is 20.5 Å². The topological polar surface area (TPSA) is 112 Å². The third kappa shape index (κ3) is 3.90. The number of hydrogen-bond donors (Lipinski definition) is 2. The van der Waals surface area contributed by atoms with E-state index in [-0.39, 0.29) is 18.0 Å². The summed E-state index contributed by atoms with van der Waals surface area (Å²) in [6.45, 7) is 10.2. The summed E-state index contributed by atoms with van der Waals surface area (Å²) >= 11 is 0. The number of ether oxygens (including phenoxy) is 2. The molecule has 0 aliphatic carbocycles. The summed E-state index contributed by atoms with van der Waals surface area (Å²) in [7, 11) is 0. The highest BCUT2D eigenvalue weighted by molar-refractivity contribution is 5.93. The SMILES string of the molecule is CCOc1ncc(C(C)(C)N)c2cc(Nc3ccc4c(n3)[C@H](C)[C@@H](C)OC4=O)ncc12. The van der Waals surface area contributed by atoms with Gasteiger partial charge in [-0.25, -0.2) is 19.7 Å². The van der Waals surface area contributed by atoms with Gasteiger partial charge in [0.1, 0.15) is 17.7 Å². The van der Waals surface area contributed by atoms with Crippen LogP contribution in [0.3, 0.4) is 0 Å². The quantitative estimate of drug-likeness (QED) is 0.594. The molecule has 0 bridgehead atoms. The molecular weight excluding hydrogens is 394 g/mol. The lowest BCUT2D eigenvalue weighted by Crippen LogP contribution is -2.29. The molecule has 0 aromatic carbocycles. The molecule has 2 atom stereocenters. The van der Waals surface area contributed by atoms with Crippen molar-refractivity contribution < 1.29 is 14.3 Å². The molecule has 0 saturated carbocycles. The minimum absolute atomic E-state index is 0.00322. The Morgan fingerprint density at radius 1 is 1.16 bits per heavy atom. The van der Waals surface area contributed by atoms with Crippen LogP contribution in [0.15, 0.2) is 30.6 Å². The number of carbonyl (C=O) groups excluding carboxylic acids is 1. The lowest BCUT2D eigenvalue weighted by Gasteiger charge is -2.27. The average molecular weight is 422 g/mol. The summed E-state index contributed by atoms with van der Waals surface area (Å²) in [6, 6.07) is 5.41. The van der Waals surface area contributed by atoms with E-state index in [2.05, 4.69) is 20.3 Å². The Morgan fingerprint density at radius 3 is 2.65 bits per heavy atom. The molecule has 8 heteroatoms. The third-order valence-electron chi connectivity index (χ3n) is 5.54. The number of nitrogens with two attached hydrogens (primary N) is 1. The van der Waals surface area contributed by atoms with Gasteiger partial charge in [0.05, 0.1) is 23.3 Å². The van der Waals surface area contributed by atoms with E-state index in [4.69, 9.17) is 15.2 Å². The highest BCUT2D eigenvalue weighted by atomic mass is 16.5. The van der Waals surface area contributed by atoms with Crippen molar-refractivity contribution in [3.8, 4) is 5.88 Å². The molecule has 4 rings (SSSR count). The van der Waals surface area contributed by atoms with Gasteiger partial charge in [0.25, 0.3) is 0 Å². The van der Waals surface area contributed by atoms with E-state index >= 15 is 0 Å². The van der Waals surface area contributed by atoms with E-state index in [1.54, 1.807) is 24.5 Å². The summed E-state index contributed by atoms with van der Waals surface area (Å²) in [4.78, 5) is 25.8. The monoisotopic (exact) mass is 421 g/mol. The predicted molar refractivity (Wildman–Crippen MR) is 119 cm³/mol. The highest BCUT2D eigenvalue weighted by Crippen LogP contribution is 2.34. The van der Waals surface area contributed by atoms with E-state index in [1.807, 2.05) is 40.7 Å². The summed E-state index contributed by atoms with van der Waals surface area (Å²) in [5.74, 6) is 1.40. The molecule has 0 unspecified atom stereocenters. The maximum absolute atomic E-state index is 12.1. The first-order chi connectivity index (χ1) is 14.7. The number of nitrogens with one attached hydrogen (secondary N) is 1. The molecule has 0 radical (unpaired) electrons. The smallest absolute Gasteiger partial charge is 0.340 e. The number of aromatic nitrogens is 3. The second-order valence-corrected chi connectivity index (χ2v) is 8.40. The molecule has 0 spiro atoms. The molecule has 8 nitrogen and oxygen atoms in total. The molecule has 1 aliphatic heterocycles. The number of cyclic esters (lactones) is 1. The molecule has 3 N–H and O–H groups in total. The van der Waals surface area contributed by atoms with Crippen LogP contribution >= 0.6 is 0 Å². The Bertz CT molecular complexity index is 1160. The van der Waals surface area contributed by atoms with Gasteiger partial charge in [-0.2, -0.15) is 0 Å². The largest absolute Gasteiger partial charge is 0.477 e. The molecule has 31 heavy (non-hydrogen) atoms. The van der Waals surface area contributed by atoms with E-state index in [9.17, 15) is 4.79 Å². The first-order valence-corrected chi connectivity index (χ1v) is 10.4. The maximum atomic E-state index is 12.1. The molecule has 3 aromatic rings. The van der Waals surface area contributed by atoms with Crippen LogP contribution in [0.1, 0.15) is 62.2 Å². The van der Waals surface area contributed by atoms with Crippen LogP contribution in [-0.2, 0) is 10.3 Å². The lowest BCUT2D eigenvalue weighted by molar-refractivity contribution is 0.0235. The number of pyridine rings is 3. The molecular formula is C23H27N5O3. The number of esters is 1. The second-order valence-electron chi connectivity index (χ2n) is 8.40. The number of anilines is 2. The van der Waals surface area contributed by atoms with Crippen molar-refractivity contribution in [1.82, 2.24) is 15.0 Å². The van der Waals surface area contributed by atoms with Crippen LogP contribution in [0.4, 0.5) is 11.6 Å². The number of fused-ring (bicyclic) bond motifs is 2. The van der Waals surface area contributed by atoms with Crippen molar-refractivity contribution >= 4 is 28.4 Å². The van der Waals surface area contributed by atoms with Gasteiger partial charge in [0.15, 0.2) is 0 Å². The summed E-state index contributed by atoms with van der Waals surface area (Å²) in [6.07, 6.45) is 3.26. The zero-order valence-electron chi connectivity index (χ0n) is 18.4. The summed E-state index contributed by atoms with van der Waals surface area (Å²) < 4.78 is 11.0. The van der Waals surface area contributed by atoms with Crippen molar-refractivity contribution in [3.63, 3.8) is 0 Å². The standard InChI is InChI=1S/C23H27N5O3/c1-6-30-21-16-10-25-19(9-15(16)17(11-26-21)23(4,5)24)27-18-8-7-14-20(28-18)12(2)13(3)31-22(14)29/h7-13H,6,24H2,1-5H3,(H,25,27,28)/t12-,13-/m1/s1. The highest BCUT2D eigenvalue weighted by Gasteiger charge is 2.31. The van der Waals surface area contributed by atoms with E-state index < -0.39 is 5.54 Å². The number of rotatable bonds is 5. The van der Waals surface area contributed by atoms with Gasteiger partial charge in [-0.3, -0.25) is 0 Å². The predicted octanol–water partition coefficient (Wildman–Crippen LogP) is 4.02. The van der Waals surface area contributed by atoms with Crippen molar-refractivity contribution in [2.24, 2.45) is 5.73 Å². The van der Waals surface area contributed by atoms with Gasteiger partial charge >= 0.3 is 5.97 Å². The van der Waals surface area contributed by atoms with Gasteiger partial charge in [-0.1, -0.05) is 6.92 Å². The van der Waals surface area contributed by atoms with Crippen molar-refractivity contribution in [1.29, 1.82) is 0 Å². The van der Waals surface area contributed by atoms with Crippen LogP contribution in [0, 0.1) is 0 Å². The zero-order chi connectivity index (χ0) is 22.3. The normalized spacial score (nSPS) is 18.5. The molecule has 0 saturated heterocycles. The van der Waals surface area contributed by atoms with Crippen molar-refractivity contribution in [3.05, 3.63) is 47.4 Å². The Morgan fingerprint density at radius 2 is 1.94 bits per heavy atom.